The molecule has 0 aliphatic heterocycles. The van der Waals surface area contributed by atoms with E-state index in [2.05, 4.69) is 21.3 Å². The normalized spacial score (nSPS) is 10.1. The molecule has 0 aromatic heterocycles. The van der Waals surface area contributed by atoms with Crippen LogP contribution in [0.25, 0.3) is 0 Å². The standard InChI is InChI=1S/2C7H12N2O4.2CH2O2.V/c2*1-4(10)5(7(12)13)6(11)9-3-8-2;2*2-1-3;/h2*5,8H,3H2,1-2H3,(H,9,11)(H,12,13);2*1H,(H,2,3);. The number of carboxylic acid groups (broad SMARTS) is 4. The second kappa shape index (κ2) is 26.7. The van der Waals surface area contributed by atoms with Crippen LogP contribution < -0.4 is 21.3 Å². The monoisotopic (exact) mass is 519 g/mol. The van der Waals surface area contributed by atoms with E-state index in [0.717, 1.165) is 13.8 Å². The van der Waals surface area contributed by atoms with E-state index < -0.39 is 47.2 Å². The van der Waals surface area contributed by atoms with E-state index in [4.69, 9.17) is 30.0 Å². The molecule has 2 unspecified atom stereocenters. The maximum Gasteiger partial charge on any atom is 0.323 e. The van der Waals surface area contributed by atoms with Gasteiger partial charge in [-0.1, -0.05) is 0 Å². The molecule has 33 heavy (non-hydrogen) atoms. The van der Waals surface area contributed by atoms with Gasteiger partial charge in [-0.15, -0.1) is 0 Å². The van der Waals surface area contributed by atoms with Crippen molar-refractivity contribution in [3.63, 3.8) is 0 Å². The third-order valence-electron chi connectivity index (χ3n) is 2.71. The van der Waals surface area contributed by atoms with Gasteiger partial charge < -0.3 is 41.7 Å². The summed E-state index contributed by atoms with van der Waals surface area (Å²) in [6.45, 7) is 1.90. The van der Waals surface area contributed by atoms with Crippen LogP contribution in [-0.4, -0.2) is 96.1 Å². The Balaban J connectivity index is -0.000000124. The van der Waals surface area contributed by atoms with E-state index in [-0.39, 0.29) is 44.8 Å². The number of ketones is 2. The SMILES string of the molecule is CNCNC(=O)C(C(C)=O)C(=O)O.CNCNC(=O)C(C(C)=O)C(=O)O.O=CO.O=CO.[V]. The molecule has 8 N–H and O–H groups in total. The van der Waals surface area contributed by atoms with Crippen molar-refractivity contribution in [1.29, 1.82) is 0 Å². The molecule has 0 spiro atoms. The number of rotatable bonds is 10. The third kappa shape index (κ3) is 24.8. The quantitative estimate of drug-likeness (QED) is 0.0792. The number of hydrogen-bond donors (Lipinski definition) is 8. The number of Topliss-reactive ketones (excluding diaryl/α,β-unsaturated/α-hetero) is 2. The van der Waals surface area contributed by atoms with Crippen LogP contribution >= 0.6 is 0 Å². The molecule has 0 aromatic carbocycles. The molecule has 0 saturated carbocycles. The van der Waals surface area contributed by atoms with Gasteiger partial charge in [0.15, 0.2) is 23.4 Å². The van der Waals surface area contributed by atoms with Gasteiger partial charge >= 0.3 is 11.9 Å². The van der Waals surface area contributed by atoms with Crippen molar-refractivity contribution in [3.05, 3.63) is 0 Å². The van der Waals surface area contributed by atoms with Gasteiger partial charge in [0.05, 0.1) is 13.3 Å². The summed E-state index contributed by atoms with van der Waals surface area (Å²) in [5.41, 5.74) is 0. The van der Waals surface area contributed by atoms with Crippen LogP contribution in [0.5, 0.6) is 0 Å². The largest absolute Gasteiger partial charge is 0.483 e. The first-order valence-electron chi connectivity index (χ1n) is 8.31. The Hall–Kier alpha value is -3.34. The maximum absolute atomic E-state index is 11.0. The summed E-state index contributed by atoms with van der Waals surface area (Å²) in [6.07, 6.45) is 0. The molecule has 17 heteroatoms. The van der Waals surface area contributed by atoms with Crippen LogP contribution in [0.2, 0.25) is 0 Å². The van der Waals surface area contributed by atoms with Gasteiger partial charge in [-0.05, 0) is 27.9 Å². The molecule has 189 valence electrons. The van der Waals surface area contributed by atoms with E-state index in [1.807, 2.05) is 0 Å². The summed E-state index contributed by atoms with van der Waals surface area (Å²) in [5, 5.41) is 40.5. The smallest absolute Gasteiger partial charge is 0.323 e. The van der Waals surface area contributed by atoms with Gasteiger partial charge in [0.1, 0.15) is 0 Å². The minimum atomic E-state index is -1.60. The van der Waals surface area contributed by atoms with Crippen molar-refractivity contribution in [3.8, 4) is 0 Å². The molecule has 0 bridgehead atoms. The second-order valence-electron chi connectivity index (χ2n) is 5.12. The maximum atomic E-state index is 11.0. The predicted molar refractivity (Wildman–Crippen MR) is 105 cm³/mol. The Kier molecular flexibility index (Phi) is 32.4. The fraction of sp³-hybridized carbons (Fsp3) is 0.500. The number of carbonyl (C=O) groups is 8. The zero-order chi connectivity index (χ0) is 26.3. The van der Waals surface area contributed by atoms with Crippen molar-refractivity contribution < 1.29 is 77.3 Å². The first kappa shape index (κ1) is 40.1. The summed E-state index contributed by atoms with van der Waals surface area (Å²) in [4.78, 5) is 81.1. The first-order chi connectivity index (χ1) is 14.8. The number of carbonyl (C=O) groups excluding carboxylic acids is 4. The van der Waals surface area contributed by atoms with E-state index in [1.54, 1.807) is 14.1 Å². The molecule has 16 nitrogen and oxygen atoms in total. The zero-order valence-electron chi connectivity index (χ0n) is 18.2. The molecular formula is C16H28N4O12V. The van der Waals surface area contributed by atoms with E-state index in [9.17, 15) is 28.8 Å². The number of nitrogens with one attached hydrogen (secondary N) is 4. The molecule has 2 amide bonds. The van der Waals surface area contributed by atoms with Gasteiger partial charge in [0, 0.05) is 18.6 Å². The summed E-state index contributed by atoms with van der Waals surface area (Å²) >= 11 is 0. The second-order valence-corrected chi connectivity index (χ2v) is 5.12. The van der Waals surface area contributed by atoms with Crippen molar-refractivity contribution >= 4 is 48.3 Å². The molecule has 2 atom stereocenters. The molecule has 0 heterocycles. The van der Waals surface area contributed by atoms with E-state index in [0.29, 0.717) is 0 Å². The number of carboxylic acids is 2. The number of hydrogen-bond acceptors (Lipinski definition) is 10. The first-order valence-corrected chi connectivity index (χ1v) is 8.31. The molecule has 0 fully saturated rings. The van der Waals surface area contributed by atoms with Crippen molar-refractivity contribution in [1.82, 2.24) is 21.3 Å². The van der Waals surface area contributed by atoms with Crippen LogP contribution in [-0.2, 0) is 56.9 Å². The van der Waals surface area contributed by atoms with Gasteiger partial charge in [-0.2, -0.15) is 0 Å². The molecule has 0 saturated heterocycles. The zero-order valence-corrected chi connectivity index (χ0v) is 19.6. The average molecular weight is 519 g/mol. The summed E-state index contributed by atoms with van der Waals surface area (Å²) in [7, 11) is 3.17. The fourth-order valence-corrected chi connectivity index (χ4v) is 1.50. The molecule has 0 aromatic rings. The summed E-state index contributed by atoms with van der Waals surface area (Å²) in [6, 6.07) is 0. The van der Waals surface area contributed by atoms with Crippen LogP contribution in [0.3, 0.4) is 0 Å². The molecule has 0 aliphatic carbocycles. The Morgan fingerprint density at radius 2 is 0.909 bits per heavy atom. The van der Waals surface area contributed by atoms with Gasteiger partial charge in [0.2, 0.25) is 11.8 Å². The predicted octanol–water partition coefficient (Wildman–Crippen LogP) is -3.46. The van der Waals surface area contributed by atoms with Crippen LogP contribution in [0, 0.1) is 11.8 Å². The molecule has 0 aliphatic rings. The Bertz CT molecular complexity index is 563. The van der Waals surface area contributed by atoms with Gasteiger partial charge in [-0.25, -0.2) is 0 Å². The minimum Gasteiger partial charge on any atom is -0.483 e. The summed E-state index contributed by atoms with van der Waals surface area (Å²) in [5.74, 6) is -9.02. The molecular weight excluding hydrogens is 491 g/mol. The summed E-state index contributed by atoms with van der Waals surface area (Å²) < 4.78 is 0. The van der Waals surface area contributed by atoms with Crippen LogP contribution in [0.15, 0.2) is 0 Å². The van der Waals surface area contributed by atoms with Gasteiger partial charge in [-0.3, -0.25) is 38.4 Å². The van der Waals surface area contributed by atoms with Crippen molar-refractivity contribution in [2.75, 3.05) is 27.4 Å². The fourth-order valence-electron chi connectivity index (χ4n) is 1.50. The number of aliphatic carboxylic acids is 2. The van der Waals surface area contributed by atoms with Crippen molar-refractivity contribution in [2.24, 2.45) is 11.8 Å². The average Bonchev–Trinajstić information content (AvgIpc) is 2.65. The van der Waals surface area contributed by atoms with Crippen LogP contribution in [0.1, 0.15) is 13.8 Å². The minimum absolute atomic E-state index is 0. The topological polar surface area (TPSA) is 266 Å². The third-order valence-corrected chi connectivity index (χ3v) is 2.71. The molecule has 1 radical (unpaired) electrons. The molecule has 0 rings (SSSR count). The Labute approximate surface area is 200 Å². The Morgan fingerprint density at radius 3 is 1.03 bits per heavy atom. The van der Waals surface area contributed by atoms with E-state index >= 15 is 0 Å². The van der Waals surface area contributed by atoms with E-state index in [1.165, 1.54) is 0 Å². The van der Waals surface area contributed by atoms with Crippen molar-refractivity contribution in [2.45, 2.75) is 13.8 Å². The van der Waals surface area contributed by atoms with Gasteiger partial charge in [0.25, 0.3) is 12.9 Å². The number of amides is 2. The van der Waals surface area contributed by atoms with Crippen LogP contribution in [0.4, 0.5) is 0 Å². The Morgan fingerprint density at radius 1 is 0.697 bits per heavy atom.